The Morgan fingerprint density at radius 3 is 2.64 bits per heavy atom. The monoisotopic (exact) mass is 213 g/mol. The molecule has 76 valence electrons. The average Bonchev–Trinajstić information content (AvgIpc) is 2.64. The van der Waals surface area contributed by atoms with Gasteiger partial charge in [0.05, 0.1) is 0 Å². The lowest BCUT2D eigenvalue weighted by molar-refractivity contribution is 0.325. The summed E-state index contributed by atoms with van der Waals surface area (Å²) in [6.07, 6.45) is 2.43. The first-order chi connectivity index (χ1) is 6.77. The van der Waals surface area contributed by atoms with Crippen LogP contribution in [0.1, 0.15) is 18.4 Å². The summed E-state index contributed by atoms with van der Waals surface area (Å²) in [6.45, 7) is 2.76. The molecular weight excluding hydrogens is 201 g/mol. The van der Waals surface area contributed by atoms with Crippen molar-refractivity contribution in [2.75, 3.05) is 13.1 Å². The minimum atomic E-state index is -0.190. The summed E-state index contributed by atoms with van der Waals surface area (Å²) in [7, 11) is 0. The van der Waals surface area contributed by atoms with E-state index in [0.29, 0.717) is 17.1 Å². The Hall–Kier alpha value is -0.600. The molecule has 1 aromatic carbocycles. The molecule has 0 aromatic heterocycles. The maximum Gasteiger partial charge on any atom is 0.129 e. The van der Waals surface area contributed by atoms with Gasteiger partial charge in [-0.1, -0.05) is 17.7 Å². The molecule has 0 radical (unpaired) electrons. The second-order valence-electron chi connectivity index (χ2n) is 3.68. The lowest BCUT2D eigenvalue weighted by Gasteiger charge is -2.15. The highest BCUT2D eigenvalue weighted by atomic mass is 35.5. The molecule has 1 aromatic rings. The van der Waals surface area contributed by atoms with Crippen molar-refractivity contribution < 1.29 is 4.39 Å². The quantitative estimate of drug-likeness (QED) is 0.730. The number of halogens is 2. The topological polar surface area (TPSA) is 3.24 Å². The van der Waals surface area contributed by atoms with Gasteiger partial charge in [0.1, 0.15) is 5.82 Å². The third-order valence-corrected chi connectivity index (χ3v) is 3.00. The van der Waals surface area contributed by atoms with Gasteiger partial charge in [-0.25, -0.2) is 4.39 Å². The Kier molecular flexibility index (Phi) is 3.04. The van der Waals surface area contributed by atoms with Crippen molar-refractivity contribution in [1.29, 1.82) is 0 Å². The molecule has 1 heterocycles. The van der Waals surface area contributed by atoms with Crippen LogP contribution in [0.5, 0.6) is 0 Å². The highest BCUT2D eigenvalue weighted by Gasteiger charge is 2.15. The molecule has 1 fully saturated rings. The van der Waals surface area contributed by atoms with Crippen LogP contribution in [-0.4, -0.2) is 18.0 Å². The molecule has 3 heteroatoms. The highest BCUT2D eigenvalue weighted by molar-refractivity contribution is 6.31. The fourth-order valence-electron chi connectivity index (χ4n) is 1.85. The van der Waals surface area contributed by atoms with Gasteiger partial charge >= 0.3 is 0 Å². The first kappa shape index (κ1) is 9.94. The van der Waals surface area contributed by atoms with Gasteiger partial charge in [-0.15, -0.1) is 0 Å². The molecule has 1 aliphatic heterocycles. The van der Waals surface area contributed by atoms with Crippen LogP contribution in [0.2, 0.25) is 5.02 Å². The molecule has 0 aliphatic carbocycles. The van der Waals surface area contributed by atoms with Gasteiger partial charge in [0.15, 0.2) is 0 Å². The second-order valence-corrected chi connectivity index (χ2v) is 4.09. The summed E-state index contributed by atoms with van der Waals surface area (Å²) in [4.78, 5) is 2.24. The first-order valence-corrected chi connectivity index (χ1v) is 5.30. The fraction of sp³-hybridized carbons (Fsp3) is 0.455. The molecule has 0 atom stereocenters. The Bertz CT molecular complexity index is 301. The van der Waals surface area contributed by atoms with Gasteiger partial charge in [0.25, 0.3) is 0 Å². The van der Waals surface area contributed by atoms with Gasteiger partial charge in [0.2, 0.25) is 0 Å². The van der Waals surface area contributed by atoms with Crippen LogP contribution in [0.25, 0.3) is 0 Å². The Labute approximate surface area is 88.5 Å². The maximum absolute atomic E-state index is 13.4. The molecule has 1 saturated heterocycles. The molecule has 0 amide bonds. The number of benzene rings is 1. The largest absolute Gasteiger partial charge is 0.299 e. The van der Waals surface area contributed by atoms with E-state index in [-0.39, 0.29) is 5.82 Å². The molecule has 0 N–H and O–H groups in total. The van der Waals surface area contributed by atoms with Crippen LogP contribution in [0.3, 0.4) is 0 Å². The van der Waals surface area contributed by atoms with Crippen molar-refractivity contribution in [3.63, 3.8) is 0 Å². The molecule has 1 aliphatic rings. The highest BCUT2D eigenvalue weighted by Crippen LogP contribution is 2.22. The van der Waals surface area contributed by atoms with Crippen LogP contribution in [0.4, 0.5) is 4.39 Å². The third-order valence-electron chi connectivity index (χ3n) is 2.64. The molecule has 0 spiro atoms. The van der Waals surface area contributed by atoms with Crippen molar-refractivity contribution in [2.24, 2.45) is 0 Å². The van der Waals surface area contributed by atoms with Crippen LogP contribution >= 0.6 is 11.6 Å². The third kappa shape index (κ3) is 2.07. The smallest absolute Gasteiger partial charge is 0.129 e. The van der Waals surface area contributed by atoms with E-state index < -0.39 is 0 Å². The van der Waals surface area contributed by atoms with Gasteiger partial charge in [-0.3, -0.25) is 4.90 Å². The van der Waals surface area contributed by atoms with Crippen molar-refractivity contribution >= 4 is 11.6 Å². The summed E-state index contributed by atoms with van der Waals surface area (Å²) in [5.74, 6) is -0.190. The van der Waals surface area contributed by atoms with E-state index >= 15 is 0 Å². The lowest BCUT2D eigenvalue weighted by atomic mass is 10.2. The second kappa shape index (κ2) is 4.28. The summed E-state index contributed by atoms with van der Waals surface area (Å²) >= 11 is 5.94. The normalized spacial score (nSPS) is 17.6. The van der Waals surface area contributed by atoms with Crippen molar-refractivity contribution in [3.05, 3.63) is 34.6 Å². The predicted octanol–water partition coefficient (Wildman–Crippen LogP) is 3.07. The van der Waals surface area contributed by atoms with Crippen molar-refractivity contribution in [3.8, 4) is 0 Å². The van der Waals surface area contributed by atoms with E-state index in [1.165, 1.54) is 18.9 Å². The Morgan fingerprint density at radius 2 is 2.00 bits per heavy atom. The minimum absolute atomic E-state index is 0.190. The van der Waals surface area contributed by atoms with Gasteiger partial charge in [-0.05, 0) is 38.1 Å². The van der Waals surface area contributed by atoms with E-state index in [0.717, 1.165) is 13.1 Å². The molecule has 0 bridgehead atoms. The van der Waals surface area contributed by atoms with Crippen molar-refractivity contribution in [1.82, 2.24) is 4.90 Å². The fourth-order valence-corrected chi connectivity index (χ4v) is 2.07. The van der Waals surface area contributed by atoms with Gasteiger partial charge < -0.3 is 0 Å². The summed E-state index contributed by atoms with van der Waals surface area (Å²) in [6, 6.07) is 4.86. The zero-order chi connectivity index (χ0) is 9.97. The SMILES string of the molecule is Fc1cccc(Cl)c1CN1CCCC1. The molecule has 2 rings (SSSR count). The number of likely N-dealkylation sites (tertiary alicyclic amines) is 1. The summed E-state index contributed by atoms with van der Waals surface area (Å²) < 4.78 is 13.4. The summed E-state index contributed by atoms with van der Waals surface area (Å²) in [5, 5.41) is 0.539. The van der Waals surface area contributed by atoms with Crippen LogP contribution in [0, 0.1) is 5.82 Å². The molecule has 0 unspecified atom stereocenters. The number of rotatable bonds is 2. The van der Waals surface area contributed by atoms with Gasteiger partial charge in [-0.2, -0.15) is 0 Å². The Morgan fingerprint density at radius 1 is 1.29 bits per heavy atom. The predicted molar refractivity (Wildman–Crippen MR) is 55.9 cm³/mol. The maximum atomic E-state index is 13.4. The number of nitrogens with zero attached hydrogens (tertiary/aromatic N) is 1. The molecule has 0 saturated carbocycles. The summed E-state index contributed by atoms with van der Waals surface area (Å²) in [5.41, 5.74) is 0.635. The zero-order valence-corrected chi connectivity index (χ0v) is 8.73. The van der Waals surface area contributed by atoms with Crippen LogP contribution in [0.15, 0.2) is 18.2 Å². The average molecular weight is 214 g/mol. The van der Waals surface area contributed by atoms with E-state index in [1.54, 1.807) is 12.1 Å². The standard InChI is InChI=1S/C11H13ClFN/c12-10-4-3-5-11(13)9(10)8-14-6-1-2-7-14/h3-5H,1-2,6-8H2. The van der Waals surface area contributed by atoms with Crippen LogP contribution in [-0.2, 0) is 6.54 Å². The molecule has 1 nitrogen and oxygen atoms in total. The van der Waals surface area contributed by atoms with Crippen molar-refractivity contribution in [2.45, 2.75) is 19.4 Å². The molecule has 14 heavy (non-hydrogen) atoms. The zero-order valence-electron chi connectivity index (χ0n) is 7.97. The first-order valence-electron chi connectivity index (χ1n) is 4.92. The number of hydrogen-bond donors (Lipinski definition) is 0. The Balaban J connectivity index is 2.14. The molecular formula is C11H13ClFN. The van der Waals surface area contributed by atoms with E-state index in [1.807, 2.05) is 0 Å². The van der Waals surface area contributed by atoms with E-state index in [9.17, 15) is 4.39 Å². The minimum Gasteiger partial charge on any atom is -0.299 e. The van der Waals surface area contributed by atoms with Gasteiger partial charge in [0, 0.05) is 17.1 Å². The van der Waals surface area contributed by atoms with E-state index in [4.69, 9.17) is 11.6 Å². The van der Waals surface area contributed by atoms with E-state index in [2.05, 4.69) is 4.90 Å². The van der Waals surface area contributed by atoms with Crippen LogP contribution < -0.4 is 0 Å². The lowest BCUT2D eigenvalue weighted by Crippen LogP contribution is -2.19. The number of hydrogen-bond acceptors (Lipinski definition) is 1.